The van der Waals surface area contributed by atoms with Crippen molar-refractivity contribution >= 4 is 0 Å². The molecule has 1 heteroatoms. The first-order valence-electron chi connectivity index (χ1n) is 9.63. The molecule has 0 aromatic carbocycles. The summed E-state index contributed by atoms with van der Waals surface area (Å²) in [5.74, 6) is 4.67. The van der Waals surface area contributed by atoms with Gasteiger partial charge in [0.1, 0.15) is 0 Å². The highest BCUT2D eigenvalue weighted by atomic mass is 16.3. The molecule has 0 radical (unpaired) electrons. The number of hydrogen-bond acceptors (Lipinski definition) is 1. The van der Waals surface area contributed by atoms with E-state index in [0.29, 0.717) is 5.41 Å². The molecule has 21 heavy (non-hydrogen) atoms. The van der Waals surface area contributed by atoms with Crippen molar-refractivity contribution in [2.24, 2.45) is 40.4 Å². The van der Waals surface area contributed by atoms with Crippen molar-refractivity contribution in [3.63, 3.8) is 0 Å². The van der Waals surface area contributed by atoms with E-state index in [1.165, 1.54) is 51.4 Å². The van der Waals surface area contributed by atoms with Gasteiger partial charge in [0.25, 0.3) is 0 Å². The SMILES string of the molecule is CC1CC[C@]2(C)[C@@H](CC[C@@H]3[C@H]4CC[C@@H](O)[C@]4(C)CC[C@H]32)C1. The second-order valence-electron chi connectivity index (χ2n) is 9.67. The molecule has 0 aromatic heterocycles. The highest BCUT2D eigenvalue weighted by Gasteiger charge is 2.59. The van der Waals surface area contributed by atoms with Gasteiger partial charge in [-0.1, -0.05) is 27.2 Å². The summed E-state index contributed by atoms with van der Waals surface area (Å²) in [5, 5.41) is 10.5. The molecule has 0 spiro atoms. The zero-order valence-corrected chi connectivity index (χ0v) is 14.3. The van der Waals surface area contributed by atoms with Crippen molar-refractivity contribution in [3.8, 4) is 0 Å². The molecule has 0 heterocycles. The summed E-state index contributed by atoms with van der Waals surface area (Å²) in [4.78, 5) is 0. The summed E-state index contributed by atoms with van der Waals surface area (Å²) in [5.41, 5.74) is 0.886. The van der Waals surface area contributed by atoms with Gasteiger partial charge in [0.2, 0.25) is 0 Å². The van der Waals surface area contributed by atoms with Crippen LogP contribution in [0.15, 0.2) is 0 Å². The highest BCUT2D eigenvalue weighted by Crippen LogP contribution is 2.66. The maximum absolute atomic E-state index is 10.5. The number of fused-ring (bicyclic) bond motifs is 5. The lowest BCUT2D eigenvalue weighted by molar-refractivity contribution is -0.125. The summed E-state index contributed by atoms with van der Waals surface area (Å²) in [7, 11) is 0. The summed E-state index contributed by atoms with van der Waals surface area (Å²) in [6.45, 7) is 7.52. The maximum atomic E-state index is 10.5. The van der Waals surface area contributed by atoms with Crippen molar-refractivity contribution in [3.05, 3.63) is 0 Å². The van der Waals surface area contributed by atoms with E-state index in [0.717, 1.165) is 36.0 Å². The minimum absolute atomic E-state index is 0.0136. The monoisotopic (exact) mass is 290 g/mol. The Hall–Kier alpha value is -0.0400. The number of rotatable bonds is 0. The topological polar surface area (TPSA) is 20.2 Å². The van der Waals surface area contributed by atoms with E-state index in [4.69, 9.17) is 0 Å². The molecular weight excluding hydrogens is 256 g/mol. The smallest absolute Gasteiger partial charge is 0.0596 e. The van der Waals surface area contributed by atoms with Crippen LogP contribution in [0.3, 0.4) is 0 Å². The predicted molar refractivity (Wildman–Crippen MR) is 86.9 cm³/mol. The van der Waals surface area contributed by atoms with Gasteiger partial charge in [-0.05, 0) is 91.8 Å². The molecule has 4 aliphatic carbocycles. The molecule has 0 saturated heterocycles. The second-order valence-corrected chi connectivity index (χ2v) is 9.67. The standard InChI is InChI=1S/C20H34O/c1-13-8-10-19(2)14(12-13)4-5-15-16-6-7-18(21)20(16,3)11-9-17(15)19/h13-18,21H,4-12H2,1-3H3/t13?,14-,15+,16+,17+,18+,19+,20+/m0/s1. The average Bonchev–Trinajstić information content (AvgIpc) is 2.76. The van der Waals surface area contributed by atoms with Crippen LogP contribution < -0.4 is 0 Å². The summed E-state index contributed by atoms with van der Waals surface area (Å²) < 4.78 is 0. The molecule has 0 aromatic rings. The quantitative estimate of drug-likeness (QED) is 0.663. The Morgan fingerprint density at radius 2 is 1.52 bits per heavy atom. The van der Waals surface area contributed by atoms with Crippen molar-refractivity contribution in [1.82, 2.24) is 0 Å². The molecule has 0 amide bonds. The Morgan fingerprint density at radius 3 is 2.33 bits per heavy atom. The first-order chi connectivity index (χ1) is 9.95. The third-order valence-electron chi connectivity index (χ3n) is 8.88. The largest absolute Gasteiger partial charge is 0.393 e. The van der Waals surface area contributed by atoms with E-state index in [-0.39, 0.29) is 11.5 Å². The molecule has 120 valence electrons. The van der Waals surface area contributed by atoms with Gasteiger partial charge in [0.15, 0.2) is 0 Å². The highest BCUT2D eigenvalue weighted by molar-refractivity contribution is 5.09. The predicted octanol–water partition coefficient (Wildman–Crippen LogP) is 5.03. The summed E-state index contributed by atoms with van der Waals surface area (Å²) in [6.07, 6.45) is 12.4. The lowest BCUT2D eigenvalue weighted by Crippen LogP contribution is -2.53. The molecule has 0 bridgehead atoms. The van der Waals surface area contributed by atoms with Crippen LogP contribution in [-0.2, 0) is 0 Å². The van der Waals surface area contributed by atoms with Crippen LogP contribution in [0.5, 0.6) is 0 Å². The first-order valence-corrected chi connectivity index (χ1v) is 9.63. The molecule has 1 nitrogen and oxygen atoms in total. The van der Waals surface area contributed by atoms with Gasteiger partial charge < -0.3 is 5.11 Å². The zero-order chi connectivity index (χ0) is 14.8. The first kappa shape index (κ1) is 14.5. The van der Waals surface area contributed by atoms with Gasteiger partial charge in [-0.2, -0.15) is 0 Å². The fourth-order valence-corrected chi connectivity index (χ4v) is 7.44. The van der Waals surface area contributed by atoms with Crippen molar-refractivity contribution in [2.75, 3.05) is 0 Å². The zero-order valence-electron chi connectivity index (χ0n) is 14.3. The maximum Gasteiger partial charge on any atom is 0.0596 e. The minimum Gasteiger partial charge on any atom is -0.393 e. The Bertz CT molecular complexity index is 418. The van der Waals surface area contributed by atoms with Crippen molar-refractivity contribution < 1.29 is 5.11 Å². The van der Waals surface area contributed by atoms with Gasteiger partial charge in [0, 0.05) is 0 Å². The molecule has 4 rings (SSSR count). The third-order valence-corrected chi connectivity index (χ3v) is 8.88. The van der Waals surface area contributed by atoms with E-state index >= 15 is 0 Å². The molecule has 0 aliphatic heterocycles. The van der Waals surface area contributed by atoms with E-state index in [2.05, 4.69) is 20.8 Å². The van der Waals surface area contributed by atoms with E-state index in [1.54, 1.807) is 0 Å². The second kappa shape index (κ2) is 4.73. The van der Waals surface area contributed by atoms with Gasteiger partial charge >= 0.3 is 0 Å². The molecule has 8 atom stereocenters. The summed E-state index contributed by atoms with van der Waals surface area (Å²) >= 11 is 0. The normalized spacial score (nSPS) is 60.0. The molecule has 4 saturated carbocycles. The molecular formula is C20H34O. The van der Waals surface area contributed by atoms with Crippen LogP contribution >= 0.6 is 0 Å². The molecule has 1 unspecified atom stereocenters. The molecule has 4 fully saturated rings. The van der Waals surface area contributed by atoms with Crippen LogP contribution in [0.2, 0.25) is 0 Å². The van der Waals surface area contributed by atoms with E-state index in [1.807, 2.05) is 0 Å². The Kier molecular flexibility index (Phi) is 3.27. The molecule has 4 aliphatic rings. The van der Waals surface area contributed by atoms with Crippen molar-refractivity contribution in [1.29, 1.82) is 0 Å². The number of aliphatic hydroxyl groups excluding tert-OH is 1. The Labute approximate surface area is 130 Å². The van der Waals surface area contributed by atoms with Gasteiger partial charge in [0.05, 0.1) is 6.10 Å². The van der Waals surface area contributed by atoms with Gasteiger partial charge in [-0.15, -0.1) is 0 Å². The minimum atomic E-state index is -0.0136. The number of aliphatic hydroxyl groups is 1. The van der Waals surface area contributed by atoms with Crippen LogP contribution in [0.4, 0.5) is 0 Å². The average molecular weight is 290 g/mol. The number of hydrogen-bond donors (Lipinski definition) is 1. The fourth-order valence-electron chi connectivity index (χ4n) is 7.44. The van der Waals surface area contributed by atoms with Crippen LogP contribution in [0, 0.1) is 40.4 Å². The fraction of sp³-hybridized carbons (Fsp3) is 1.00. The van der Waals surface area contributed by atoms with E-state index < -0.39 is 0 Å². The van der Waals surface area contributed by atoms with Gasteiger partial charge in [-0.25, -0.2) is 0 Å². The third kappa shape index (κ3) is 1.92. The molecule has 1 N–H and O–H groups in total. The lowest BCUT2D eigenvalue weighted by Gasteiger charge is -2.60. The van der Waals surface area contributed by atoms with Crippen LogP contribution in [-0.4, -0.2) is 11.2 Å². The van der Waals surface area contributed by atoms with E-state index in [9.17, 15) is 5.11 Å². The Morgan fingerprint density at radius 1 is 0.810 bits per heavy atom. The lowest BCUT2D eigenvalue weighted by atomic mass is 9.44. The van der Waals surface area contributed by atoms with Crippen LogP contribution in [0.25, 0.3) is 0 Å². The Balaban J connectivity index is 1.62. The summed E-state index contributed by atoms with van der Waals surface area (Å²) in [6, 6.07) is 0. The van der Waals surface area contributed by atoms with Crippen molar-refractivity contribution in [2.45, 2.75) is 84.7 Å². The van der Waals surface area contributed by atoms with Gasteiger partial charge in [-0.3, -0.25) is 0 Å². The van der Waals surface area contributed by atoms with Crippen LogP contribution in [0.1, 0.15) is 78.6 Å².